The van der Waals surface area contributed by atoms with Gasteiger partial charge in [-0.05, 0) is 42.7 Å². The molecule has 2 saturated heterocycles. The molecule has 0 radical (unpaired) electrons. The molecule has 2 aliphatic heterocycles. The number of aromatic amines is 2. The Morgan fingerprint density at radius 2 is 0.904 bits per heavy atom. The minimum atomic E-state index is -2.07. The molecule has 0 unspecified atom stereocenters. The van der Waals surface area contributed by atoms with Crippen molar-refractivity contribution in [1.82, 2.24) is 39.0 Å². The summed E-state index contributed by atoms with van der Waals surface area (Å²) in [5.41, 5.74) is 1.05. The van der Waals surface area contributed by atoms with Gasteiger partial charge in [0.2, 0.25) is 0 Å². The van der Waals surface area contributed by atoms with Crippen LogP contribution in [0, 0.1) is 11.8 Å². The molecular formula is C35H58N8O7S21Si2. The van der Waals surface area contributed by atoms with E-state index in [2.05, 4.69) is 156 Å². The van der Waals surface area contributed by atoms with Gasteiger partial charge in [-0.3, -0.25) is 18.7 Å². The minimum absolute atomic E-state index is 0.00132. The number of fused-ring (bicyclic) bond motifs is 2. The van der Waals surface area contributed by atoms with Gasteiger partial charge in [0.1, 0.15) is 0 Å². The van der Waals surface area contributed by atoms with Gasteiger partial charge < -0.3 is 33.4 Å². The summed E-state index contributed by atoms with van der Waals surface area (Å²) in [7, 11) is 23.1. The number of hydrogen-bond donors (Lipinski definition) is 3. The number of aliphatic hydroxyl groups is 1. The first-order valence-electron chi connectivity index (χ1n) is 21.4. The molecule has 15 nitrogen and oxygen atoms in total. The van der Waals surface area contributed by atoms with Crippen molar-refractivity contribution >= 4 is 235 Å². The van der Waals surface area contributed by atoms with E-state index in [-0.39, 0.29) is 75.8 Å². The Hall–Kier alpha value is 1.55. The number of rotatable bonds is 8. The van der Waals surface area contributed by atoms with Crippen molar-refractivity contribution in [1.29, 1.82) is 0 Å². The molecular weight excluding hydrogens is 1370 g/mol. The molecule has 2 fully saturated rings. The topological polar surface area (TPSA) is 184 Å². The van der Waals surface area contributed by atoms with Crippen LogP contribution in [0.25, 0.3) is 22.3 Å². The third kappa shape index (κ3) is 20.8. The predicted octanol–water partition coefficient (Wildman–Crippen LogP) is 5.44. The van der Waals surface area contributed by atoms with E-state index in [1.165, 1.54) is 48.2 Å². The molecule has 6 heterocycles. The van der Waals surface area contributed by atoms with Crippen molar-refractivity contribution < 1.29 is 23.4 Å². The number of imidazole rings is 2. The Labute approximate surface area is 496 Å². The van der Waals surface area contributed by atoms with Crippen LogP contribution in [0.1, 0.15) is 81.2 Å². The van der Waals surface area contributed by atoms with Crippen molar-refractivity contribution in [2.75, 3.05) is 6.61 Å². The summed E-state index contributed by atoms with van der Waals surface area (Å²) in [5, 5.41) is 9.87. The van der Waals surface area contributed by atoms with E-state index in [1.54, 1.807) is 133 Å². The van der Waals surface area contributed by atoms with Crippen LogP contribution >= 0.6 is 0 Å². The Bertz CT molecular complexity index is 3220. The highest BCUT2D eigenvalue weighted by Gasteiger charge is 2.50. The van der Waals surface area contributed by atoms with Crippen molar-refractivity contribution in [3.63, 3.8) is 0 Å². The molecule has 6 rings (SSSR count). The summed E-state index contributed by atoms with van der Waals surface area (Å²) in [6.07, 6.45) is 5.47. The molecule has 0 bridgehead atoms. The number of hydrogen-bond acceptors (Lipinski definition) is 15. The number of H-pyrrole nitrogens is 2. The largest absolute Gasteiger partial charge is 0.409 e. The Morgan fingerprint density at radius 3 is 1.21 bits per heavy atom. The maximum atomic E-state index is 12.0. The lowest BCUT2D eigenvalue weighted by Gasteiger charge is -2.40. The van der Waals surface area contributed by atoms with E-state index in [0.717, 1.165) is 6.42 Å². The van der Waals surface area contributed by atoms with E-state index in [0.29, 0.717) is 16.8 Å². The minimum Gasteiger partial charge on any atom is -0.409 e. The van der Waals surface area contributed by atoms with Gasteiger partial charge in [-0.1, -0.05) is 62.3 Å². The van der Waals surface area contributed by atoms with Gasteiger partial charge >= 0.3 is 0 Å². The maximum Gasteiger partial charge on any atom is 0.278 e. The number of ether oxygens (including phenoxy) is 2. The Balaban J connectivity index is 0.000000280. The third-order valence-corrected chi connectivity index (χ3v) is 54.4. The van der Waals surface area contributed by atoms with Crippen molar-refractivity contribution in [3.05, 3.63) is 46.0 Å². The van der Waals surface area contributed by atoms with Crippen LogP contribution in [0.4, 0.5) is 0 Å². The molecule has 3 N–H and O–H groups in total. The zero-order valence-electron chi connectivity index (χ0n) is 41.5. The monoisotopic (exact) mass is 1430 g/mol. The molecule has 4 aromatic heterocycles. The van der Waals surface area contributed by atoms with E-state index in [9.17, 15) is 14.7 Å². The van der Waals surface area contributed by atoms with Gasteiger partial charge in [-0.2, -0.15) is 0 Å². The zero-order chi connectivity index (χ0) is 54.6. The van der Waals surface area contributed by atoms with Crippen LogP contribution in [0.3, 0.4) is 0 Å². The number of aromatic nitrogens is 8. The lowest BCUT2D eigenvalue weighted by molar-refractivity contribution is -0.0467. The number of nitrogens with one attached hydrogen (secondary N) is 2. The molecule has 0 spiro atoms. The maximum absolute atomic E-state index is 12.0. The Kier molecular flexibility index (Phi) is 32.2. The number of aliphatic hydroxyl groups excluding tert-OH is 1. The highest BCUT2D eigenvalue weighted by atomic mass is 33.4. The molecule has 8 atom stereocenters. The van der Waals surface area contributed by atoms with Crippen LogP contribution < -0.4 is 11.1 Å². The summed E-state index contributed by atoms with van der Waals surface area (Å²) in [6.45, 7) is 28.4. The Morgan fingerprint density at radius 1 is 0.589 bits per heavy atom. The van der Waals surface area contributed by atoms with Gasteiger partial charge in [-0.15, -0.1) is 0 Å². The summed E-state index contributed by atoms with van der Waals surface area (Å²) in [5.74, 6) is 0.247. The summed E-state index contributed by atoms with van der Waals surface area (Å²) in [4.78, 5) is 46.1. The first kappa shape index (κ1) is 68.8. The van der Waals surface area contributed by atoms with Crippen molar-refractivity contribution in [2.45, 2.75) is 142 Å². The molecule has 2 aliphatic rings. The van der Waals surface area contributed by atoms with Gasteiger partial charge in [0.25, 0.3) is 11.1 Å². The summed E-state index contributed by atoms with van der Waals surface area (Å²) in [6, 6.07) is 0. The first-order valence-corrected chi connectivity index (χ1v) is 52.5. The van der Waals surface area contributed by atoms with E-state index < -0.39 is 22.9 Å². The predicted molar refractivity (Wildman–Crippen MR) is 359 cm³/mol. The van der Waals surface area contributed by atoms with Crippen molar-refractivity contribution in [3.8, 4) is 0 Å². The lowest BCUT2D eigenvalue weighted by atomic mass is 9.99. The van der Waals surface area contributed by atoms with E-state index in [1.807, 2.05) is 11.5 Å². The first-order chi connectivity index (χ1) is 34.5. The van der Waals surface area contributed by atoms with Crippen LogP contribution in [-0.2, 0) is 214 Å². The van der Waals surface area contributed by atoms with Crippen LogP contribution in [0.5, 0.6) is 0 Å². The molecule has 4 aromatic rings. The molecule has 0 aromatic carbocycles. The summed E-state index contributed by atoms with van der Waals surface area (Å²) >= 11 is 18.7. The second kappa shape index (κ2) is 34.1. The van der Waals surface area contributed by atoms with Crippen molar-refractivity contribution in [2.24, 2.45) is 11.8 Å². The summed E-state index contributed by atoms with van der Waals surface area (Å²) < 4.78 is 29.5. The average molecular weight is 1430 g/mol. The van der Waals surface area contributed by atoms with Gasteiger partial charge in [-0.25, -0.2) is 19.9 Å². The second-order valence-electron chi connectivity index (χ2n) is 18.4. The van der Waals surface area contributed by atoms with E-state index >= 15 is 0 Å². The zero-order valence-corrected chi connectivity index (χ0v) is 60.6. The highest BCUT2D eigenvalue weighted by Crippen LogP contribution is 2.46. The van der Waals surface area contributed by atoms with E-state index in [4.69, 9.17) is 18.3 Å². The normalized spacial score (nSPS) is 21.5. The molecule has 0 amide bonds. The lowest BCUT2D eigenvalue weighted by Crippen LogP contribution is -2.46. The molecule has 0 aliphatic carbocycles. The van der Waals surface area contributed by atoms with Crippen LogP contribution in [0.2, 0.25) is 36.3 Å². The fourth-order valence-electron chi connectivity index (χ4n) is 6.44. The van der Waals surface area contributed by atoms with Gasteiger partial charge in [0, 0.05) is 208 Å². The highest BCUT2D eigenvalue weighted by molar-refractivity contribution is 8.74. The third-order valence-electron chi connectivity index (χ3n) is 12.2. The fraction of sp³-hybridized carbons (Fsp3) is 0.714. The van der Waals surface area contributed by atoms with Crippen LogP contribution in [0.15, 0.2) is 34.9 Å². The standard InChI is InChI=1S/C18H30N4O3Si.C17H28N4O4Si.S11.S10/c1-8-12-11(2)14(25-26(6,7)18(3,4)5)17(24-12)22-10-21-13-15(22)19-9-20-16(13)23;1-10-11(7-22)24-16(13(10)25-26(5,6)17(2,3)4)21-9-20-12-14(21)18-8-19-15(12)23;1-3-5-7-9-11-10-8-6-4-2;1-3-5-7-9-10-8-6-4-2/h9-12,14,17H,8H2,1-7H3,(H,19,20,23);8-11,13,16,22H,7H2,1-6H3,(H,18,19,23);;/t11-,12-,14-,17-;10-,11-,13-,16-;;/m11../s1. The van der Waals surface area contributed by atoms with Crippen LogP contribution in [-0.4, -0.2) is 91.8 Å². The second-order valence-corrected chi connectivity index (χ2v) is 58.0. The SMILES string of the molecule is CC[C@H]1O[C@@H](n2cnc3c(=O)[nH]cnc32)[C@H](O[Si](C)(C)C(C)(C)C)[C@@H]1C.C[C@H]1[C@@H](O[Si](C)(C)C(C)(C)C)[C@H](n2cnc3c(=O)[nH]cnc32)O[C@@H]1CO.S=S=S=S=S=S=S=S=S=S.S=S=S=S=S=S=S=S=S=S=S. The average Bonchev–Trinajstić information content (AvgIpc) is 4.11. The fourth-order valence-corrected chi connectivity index (χ4v) is 44.8. The number of nitrogens with zero attached hydrogens (tertiary/aromatic N) is 6. The van der Waals surface area contributed by atoms with Gasteiger partial charge in [0.05, 0.1) is 56.3 Å². The quantitative estimate of drug-likeness (QED) is 0.190. The van der Waals surface area contributed by atoms with Gasteiger partial charge in [0.15, 0.2) is 51.4 Å². The molecule has 73 heavy (non-hydrogen) atoms. The molecule has 38 heteroatoms. The molecule has 0 saturated carbocycles. The molecule has 414 valence electrons. The smallest absolute Gasteiger partial charge is 0.278 e.